The van der Waals surface area contributed by atoms with Crippen molar-refractivity contribution in [3.63, 3.8) is 0 Å². The molecular formula is C44H38N2. The zero-order chi connectivity index (χ0) is 31.5. The number of nitrogens with zero attached hydrogens (tertiary/aromatic N) is 2. The fourth-order valence-corrected chi connectivity index (χ4v) is 7.49. The standard InChI is InChI=1S/C44H38N2/c1-6-45-41-17-11-14-32-21-23-38-37(24-25-42(45)44(38)43(32)41)31(5)30(4)33-18-19-35-27-36(22-20-34(35)26-33)46(39-15-9-7-12-28(39)2)40-16-10-8-13-29(40)3/h7-27H,6H2,1-5H3. The van der Waals surface area contributed by atoms with Gasteiger partial charge in [-0.05, 0) is 132 Å². The molecule has 0 atom stereocenters. The van der Waals surface area contributed by atoms with Crippen molar-refractivity contribution >= 4 is 71.6 Å². The molecule has 0 radical (unpaired) electrons. The summed E-state index contributed by atoms with van der Waals surface area (Å²) in [6, 6.07) is 47.0. The summed E-state index contributed by atoms with van der Waals surface area (Å²) >= 11 is 0. The van der Waals surface area contributed by atoms with Crippen molar-refractivity contribution in [2.45, 2.75) is 41.2 Å². The molecule has 0 amide bonds. The Hall–Kier alpha value is -5.34. The lowest BCUT2D eigenvalue weighted by Crippen LogP contribution is -2.12. The van der Waals surface area contributed by atoms with Gasteiger partial charge < -0.3 is 9.47 Å². The van der Waals surface area contributed by atoms with E-state index < -0.39 is 0 Å². The summed E-state index contributed by atoms with van der Waals surface area (Å²) in [4.78, 5) is 2.39. The van der Waals surface area contributed by atoms with Gasteiger partial charge in [-0.3, -0.25) is 0 Å². The van der Waals surface area contributed by atoms with Gasteiger partial charge in [-0.25, -0.2) is 0 Å². The Balaban J connectivity index is 1.23. The molecule has 2 nitrogen and oxygen atoms in total. The highest BCUT2D eigenvalue weighted by Gasteiger charge is 2.19. The van der Waals surface area contributed by atoms with E-state index in [2.05, 4.69) is 171 Å². The van der Waals surface area contributed by atoms with Crippen LogP contribution in [0.1, 0.15) is 43.0 Å². The molecule has 0 spiro atoms. The third kappa shape index (κ3) is 4.32. The van der Waals surface area contributed by atoms with Crippen LogP contribution in [0.25, 0.3) is 54.5 Å². The van der Waals surface area contributed by atoms with Gasteiger partial charge in [0.05, 0.1) is 0 Å². The summed E-state index contributed by atoms with van der Waals surface area (Å²) in [7, 11) is 0. The summed E-state index contributed by atoms with van der Waals surface area (Å²) in [6.45, 7) is 12.1. The predicted octanol–water partition coefficient (Wildman–Crippen LogP) is 12.6. The van der Waals surface area contributed by atoms with Gasteiger partial charge in [0.15, 0.2) is 0 Å². The number of fused-ring (bicyclic) bond motifs is 1. The normalized spacial score (nSPS) is 12.5. The van der Waals surface area contributed by atoms with Crippen molar-refractivity contribution in [2.75, 3.05) is 4.90 Å². The van der Waals surface area contributed by atoms with E-state index in [4.69, 9.17) is 0 Å². The molecule has 46 heavy (non-hydrogen) atoms. The Morgan fingerprint density at radius 3 is 1.93 bits per heavy atom. The lowest BCUT2D eigenvalue weighted by atomic mass is 9.91. The van der Waals surface area contributed by atoms with E-state index >= 15 is 0 Å². The van der Waals surface area contributed by atoms with E-state index in [1.807, 2.05) is 0 Å². The van der Waals surface area contributed by atoms with E-state index in [0.29, 0.717) is 0 Å². The minimum Gasteiger partial charge on any atom is -0.341 e. The Morgan fingerprint density at radius 2 is 1.22 bits per heavy atom. The first-order valence-corrected chi connectivity index (χ1v) is 16.3. The van der Waals surface area contributed by atoms with E-state index in [-0.39, 0.29) is 0 Å². The number of rotatable bonds is 6. The fraction of sp³-hybridized carbons (Fsp3) is 0.136. The Kier molecular flexibility index (Phi) is 6.69. The summed E-state index contributed by atoms with van der Waals surface area (Å²) in [6.07, 6.45) is 0. The summed E-state index contributed by atoms with van der Waals surface area (Å²) < 4.78 is 2.46. The number of aryl methyl sites for hydroxylation is 3. The van der Waals surface area contributed by atoms with Gasteiger partial charge in [0, 0.05) is 45.4 Å². The first-order valence-electron chi connectivity index (χ1n) is 16.3. The van der Waals surface area contributed by atoms with Crippen LogP contribution in [0.15, 0.2) is 127 Å². The maximum atomic E-state index is 2.46. The Bertz CT molecular complexity index is 2410. The van der Waals surface area contributed by atoms with E-state index in [1.165, 1.54) is 88.1 Å². The molecule has 0 bridgehead atoms. The molecule has 0 aliphatic rings. The monoisotopic (exact) mass is 594 g/mol. The van der Waals surface area contributed by atoms with Crippen LogP contribution in [0.3, 0.4) is 0 Å². The average molecular weight is 595 g/mol. The molecular weight excluding hydrogens is 556 g/mol. The van der Waals surface area contributed by atoms with Crippen LogP contribution in [0.5, 0.6) is 0 Å². The number of hydrogen-bond donors (Lipinski definition) is 0. The van der Waals surface area contributed by atoms with Crippen LogP contribution in [-0.2, 0) is 6.54 Å². The van der Waals surface area contributed by atoms with E-state index in [1.54, 1.807) is 0 Å². The van der Waals surface area contributed by atoms with Gasteiger partial charge >= 0.3 is 0 Å². The quantitative estimate of drug-likeness (QED) is 0.137. The molecule has 0 saturated carbocycles. The maximum Gasteiger partial charge on any atom is 0.0498 e. The van der Waals surface area contributed by atoms with Crippen LogP contribution in [0, 0.1) is 13.8 Å². The van der Waals surface area contributed by atoms with Gasteiger partial charge in [-0.15, -0.1) is 0 Å². The molecule has 7 aromatic carbocycles. The number of aromatic nitrogens is 1. The Morgan fingerprint density at radius 1 is 0.565 bits per heavy atom. The fourth-order valence-electron chi connectivity index (χ4n) is 7.49. The lowest BCUT2D eigenvalue weighted by molar-refractivity contribution is 0.827. The molecule has 0 fully saturated rings. The first kappa shape index (κ1) is 28.2. The van der Waals surface area contributed by atoms with Gasteiger partial charge in [-0.2, -0.15) is 0 Å². The Labute approximate surface area is 271 Å². The smallest absolute Gasteiger partial charge is 0.0498 e. The highest BCUT2D eigenvalue weighted by molar-refractivity contribution is 6.25. The largest absolute Gasteiger partial charge is 0.341 e. The highest BCUT2D eigenvalue weighted by atomic mass is 15.1. The van der Waals surface area contributed by atoms with Gasteiger partial charge in [-0.1, -0.05) is 84.9 Å². The SMILES string of the molecule is CCn1c2cccc3ccc4c(C(C)=C(C)c5ccc6cc(N(c7ccccc7C)c7ccccc7C)ccc6c5)ccc1c4c32. The molecule has 8 rings (SSSR count). The van der Waals surface area contributed by atoms with Crippen LogP contribution in [0.4, 0.5) is 17.1 Å². The summed E-state index contributed by atoms with van der Waals surface area (Å²) in [5, 5.41) is 7.90. The van der Waals surface area contributed by atoms with Crippen molar-refractivity contribution < 1.29 is 0 Å². The number of benzene rings is 7. The predicted molar refractivity (Wildman–Crippen MR) is 200 cm³/mol. The number of hydrogen-bond acceptors (Lipinski definition) is 1. The van der Waals surface area contributed by atoms with Crippen molar-refractivity contribution in [1.29, 1.82) is 0 Å². The molecule has 2 heteroatoms. The lowest BCUT2D eigenvalue weighted by Gasteiger charge is -2.28. The van der Waals surface area contributed by atoms with E-state index in [0.717, 1.165) is 12.2 Å². The van der Waals surface area contributed by atoms with Crippen molar-refractivity contribution in [2.24, 2.45) is 0 Å². The number of anilines is 3. The highest BCUT2D eigenvalue weighted by Crippen LogP contribution is 2.42. The van der Waals surface area contributed by atoms with Crippen LogP contribution in [-0.4, -0.2) is 4.57 Å². The zero-order valence-corrected chi connectivity index (χ0v) is 27.2. The van der Waals surface area contributed by atoms with Crippen LogP contribution in [0.2, 0.25) is 0 Å². The third-order valence-corrected chi connectivity index (χ3v) is 10.1. The molecule has 1 aromatic heterocycles. The second kappa shape index (κ2) is 10.9. The van der Waals surface area contributed by atoms with Crippen LogP contribution < -0.4 is 4.90 Å². The number of para-hydroxylation sites is 2. The molecule has 0 N–H and O–H groups in total. The zero-order valence-electron chi connectivity index (χ0n) is 27.2. The third-order valence-electron chi connectivity index (χ3n) is 10.1. The topological polar surface area (TPSA) is 8.17 Å². The van der Waals surface area contributed by atoms with Gasteiger partial charge in [0.25, 0.3) is 0 Å². The first-order chi connectivity index (χ1) is 22.4. The molecule has 0 saturated heterocycles. The summed E-state index contributed by atoms with van der Waals surface area (Å²) in [5.74, 6) is 0. The van der Waals surface area contributed by atoms with Crippen LogP contribution >= 0.6 is 0 Å². The van der Waals surface area contributed by atoms with Crippen molar-refractivity contribution in [3.05, 3.63) is 150 Å². The van der Waals surface area contributed by atoms with Gasteiger partial charge in [0.1, 0.15) is 0 Å². The summed E-state index contributed by atoms with van der Waals surface area (Å²) in [5.41, 5.74) is 13.9. The van der Waals surface area contributed by atoms with Gasteiger partial charge in [0.2, 0.25) is 0 Å². The van der Waals surface area contributed by atoms with Crippen molar-refractivity contribution in [1.82, 2.24) is 4.57 Å². The molecule has 224 valence electrons. The van der Waals surface area contributed by atoms with E-state index in [9.17, 15) is 0 Å². The molecule has 1 heterocycles. The second-order valence-corrected chi connectivity index (χ2v) is 12.6. The minimum atomic E-state index is 0.961. The molecule has 0 aliphatic carbocycles. The maximum absolute atomic E-state index is 2.46. The average Bonchev–Trinajstić information content (AvgIpc) is 3.42. The molecule has 8 aromatic rings. The second-order valence-electron chi connectivity index (χ2n) is 12.6. The van der Waals surface area contributed by atoms with Crippen molar-refractivity contribution in [3.8, 4) is 0 Å². The molecule has 0 unspecified atom stereocenters. The number of allylic oxidation sites excluding steroid dienone is 2. The minimum absolute atomic E-state index is 0.961. The molecule has 0 aliphatic heterocycles.